The zero-order chi connectivity index (χ0) is 24.0. The minimum Gasteiger partial charge on any atom is -0.504 e. The lowest BCUT2D eigenvalue weighted by Crippen LogP contribution is -2.41. The lowest BCUT2D eigenvalue weighted by molar-refractivity contribution is -0.0205. The Hall–Kier alpha value is -1.98. The van der Waals surface area contributed by atoms with Gasteiger partial charge in [-0.05, 0) is 30.9 Å². The monoisotopic (exact) mass is 487 g/mol. The maximum atomic E-state index is 12.5. The average molecular weight is 488 g/mol. The van der Waals surface area contributed by atoms with E-state index in [-0.39, 0.29) is 38.8 Å². The summed E-state index contributed by atoms with van der Waals surface area (Å²) in [5, 5.41) is 16.7. The zero-order valence-corrected chi connectivity index (χ0v) is 20.4. The molecule has 0 aliphatic heterocycles. The third-order valence-electron chi connectivity index (χ3n) is 5.36. The standard InChI is InChI=1S/C19H24ClN3O5S.C2H6O/c1-10-6-4-5-7-12(10)21-14-15(18(26)17(14)25)22-13-9-8-11(20)19(16(13)24)29(27)23(2)28-3;1-3-2/h8-10,12,21-22,24H,4-7H2,1-3H3;1-2H3. The summed E-state index contributed by atoms with van der Waals surface area (Å²) in [6.45, 7) is 2.12. The van der Waals surface area contributed by atoms with E-state index < -0.39 is 21.8 Å². The van der Waals surface area contributed by atoms with Gasteiger partial charge >= 0.3 is 0 Å². The fourth-order valence-corrected chi connectivity index (χ4v) is 4.76. The molecule has 3 rings (SSSR count). The normalized spacial score (nSPS) is 19.3. The molecule has 178 valence electrons. The van der Waals surface area contributed by atoms with Gasteiger partial charge in [0.25, 0.3) is 10.9 Å². The van der Waals surface area contributed by atoms with Gasteiger partial charge in [0, 0.05) is 27.3 Å². The van der Waals surface area contributed by atoms with Crippen LogP contribution in [0.4, 0.5) is 17.1 Å². The second kappa shape index (κ2) is 11.8. The molecule has 3 N–H and O–H groups in total. The van der Waals surface area contributed by atoms with Crippen molar-refractivity contribution >= 4 is 39.6 Å². The van der Waals surface area contributed by atoms with Crippen LogP contribution in [0.15, 0.2) is 26.6 Å². The number of methoxy groups -OCH3 is 1. The van der Waals surface area contributed by atoms with E-state index in [0.29, 0.717) is 5.92 Å². The van der Waals surface area contributed by atoms with Crippen LogP contribution in [0.5, 0.6) is 5.75 Å². The molecule has 0 amide bonds. The van der Waals surface area contributed by atoms with E-state index in [0.717, 1.165) is 30.2 Å². The van der Waals surface area contributed by atoms with E-state index in [2.05, 4.69) is 22.3 Å². The third kappa shape index (κ3) is 5.68. The summed E-state index contributed by atoms with van der Waals surface area (Å²) in [6.07, 6.45) is 4.22. The minimum atomic E-state index is -1.89. The highest BCUT2D eigenvalue weighted by molar-refractivity contribution is 7.82. The van der Waals surface area contributed by atoms with E-state index in [1.807, 2.05) is 0 Å². The lowest BCUT2D eigenvalue weighted by atomic mass is 9.85. The Bertz CT molecular complexity index is 1020. The number of hydroxylamine groups is 1. The van der Waals surface area contributed by atoms with Gasteiger partial charge in [-0.15, -0.1) is 4.47 Å². The second-order valence-electron chi connectivity index (χ2n) is 7.60. The van der Waals surface area contributed by atoms with Crippen molar-refractivity contribution in [3.8, 4) is 5.75 Å². The number of hydrogen-bond acceptors (Lipinski definition) is 8. The van der Waals surface area contributed by atoms with Crippen LogP contribution in [-0.2, 0) is 20.6 Å². The molecular formula is C21H30ClN3O6S. The van der Waals surface area contributed by atoms with Crippen LogP contribution in [0, 0.1) is 5.92 Å². The highest BCUT2D eigenvalue weighted by Gasteiger charge is 2.29. The van der Waals surface area contributed by atoms with Gasteiger partial charge < -0.3 is 20.5 Å². The van der Waals surface area contributed by atoms with Crippen molar-refractivity contribution in [2.24, 2.45) is 5.92 Å². The van der Waals surface area contributed by atoms with Crippen molar-refractivity contribution in [1.82, 2.24) is 4.47 Å². The number of rotatable bonds is 7. The van der Waals surface area contributed by atoms with E-state index in [1.54, 1.807) is 14.2 Å². The van der Waals surface area contributed by atoms with Gasteiger partial charge in [0.15, 0.2) is 16.7 Å². The number of aromatic hydroxyl groups is 1. The first-order valence-electron chi connectivity index (χ1n) is 10.2. The molecule has 0 spiro atoms. The fourth-order valence-electron chi connectivity index (χ4n) is 3.51. The minimum absolute atomic E-state index is 0.0601. The molecule has 9 nitrogen and oxygen atoms in total. The van der Waals surface area contributed by atoms with Gasteiger partial charge in [-0.25, -0.2) is 4.21 Å². The third-order valence-corrected chi connectivity index (χ3v) is 7.17. The predicted molar refractivity (Wildman–Crippen MR) is 127 cm³/mol. The van der Waals surface area contributed by atoms with Crippen molar-refractivity contribution in [3.05, 3.63) is 37.6 Å². The number of nitrogens with zero attached hydrogens (tertiary/aromatic N) is 1. The van der Waals surface area contributed by atoms with Gasteiger partial charge in [-0.1, -0.05) is 31.4 Å². The molecule has 1 aliphatic carbocycles. The van der Waals surface area contributed by atoms with Gasteiger partial charge in [-0.3, -0.25) is 14.4 Å². The Kier molecular flexibility index (Phi) is 9.65. The lowest BCUT2D eigenvalue weighted by Gasteiger charge is -2.31. The molecule has 32 heavy (non-hydrogen) atoms. The van der Waals surface area contributed by atoms with Crippen molar-refractivity contribution in [2.75, 3.05) is 39.0 Å². The van der Waals surface area contributed by atoms with Crippen LogP contribution in [-0.4, -0.2) is 48.2 Å². The number of phenols is 1. The largest absolute Gasteiger partial charge is 0.504 e. The maximum absolute atomic E-state index is 12.5. The molecule has 0 radical (unpaired) electrons. The molecule has 1 saturated carbocycles. The quantitative estimate of drug-likeness (QED) is 0.310. The van der Waals surface area contributed by atoms with Crippen LogP contribution in [0.2, 0.25) is 5.02 Å². The van der Waals surface area contributed by atoms with E-state index in [4.69, 9.17) is 16.4 Å². The summed E-state index contributed by atoms with van der Waals surface area (Å²) in [5.74, 6) is 0.00769. The highest BCUT2D eigenvalue weighted by atomic mass is 35.5. The average Bonchev–Trinajstić information content (AvgIpc) is 2.78. The Morgan fingerprint density at radius 3 is 2.31 bits per heavy atom. The number of halogens is 1. The molecule has 2 aromatic rings. The van der Waals surface area contributed by atoms with Crippen LogP contribution >= 0.6 is 11.6 Å². The van der Waals surface area contributed by atoms with E-state index in [9.17, 15) is 18.9 Å². The number of nitrogens with one attached hydrogen (secondary N) is 2. The molecule has 0 aromatic heterocycles. The first-order valence-corrected chi connectivity index (χ1v) is 11.6. The van der Waals surface area contributed by atoms with Gasteiger partial charge in [0.05, 0.1) is 17.8 Å². The number of phenolic OH excluding ortho intramolecular Hbond substituents is 1. The van der Waals surface area contributed by atoms with Crippen molar-refractivity contribution < 1.29 is 18.9 Å². The summed E-state index contributed by atoms with van der Waals surface area (Å²) in [7, 11) is 4.12. The zero-order valence-electron chi connectivity index (χ0n) is 18.9. The fraction of sp³-hybridized carbons (Fsp3) is 0.524. The van der Waals surface area contributed by atoms with Gasteiger partial charge in [0.2, 0.25) is 0 Å². The van der Waals surface area contributed by atoms with Crippen molar-refractivity contribution in [2.45, 2.75) is 43.5 Å². The van der Waals surface area contributed by atoms with Crippen LogP contribution in [0.3, 0.4) is 0 Å². The number of hydrogen-bond donors (Lipinski definition) is 3. The number of ether oxygens (including phenoxy) is 1. The van der Waals surface area contributed by atoms with E-state index >= 15 is 0 Å². The second-order valence-corrected chi connectivity index (χ2v) is 9.43. The Morgan fingerprint density at radius 1 is 1.12 bits per heavy atom. The summed E-state index contributed by atoms with van der Waals surface area (Å²) >= 11 is 6.10. The van der Waals surface area contributed by atoms with Crippen molar-refractivity contribution in [3.63, 3.8) is 0 Å². The Morgan fingerprint density at radius 2 is 1.72 bits per heavy atom. The van der Waals surface area contributed by atoms with Crippen molar-refractivity contribution in [1.29, 1.82) is 0 Å². The number of anilines is 3. The summed E-state index contributed by atoms with van der Waals surface area (Å²) in [5.41, 5.74) is -0.820. The van der Waals surface area contributed by atoms with E-state index in [1.165, 1.54) is 26.3 Å². The highest BCUT2D eigenvalue weighted by Crippen LogP contribution is 2.38. The Balaban J connectivity index is 0.00000114. The van der Waals surface area contributed by atoms with Gasteiger partial charge in [-0.2, -0.15) is 0 Å². The van der Waals surface area contributed by atoms with Crippen LogP contribution in [0.1, 0.15) is 32.6 Å². The molecule has 1 fully saturated rings. The molecular weight excluding hydrogens is 458 g/mol. The van der Waals surface area contributed by atoms with Crippen LogP contribution in [0.25, 0.3) is 0 Å². The summed E-state index contributed by atoms with van der Waals surface area (Å²) in [4.78, 5) is 29.1. The topological polar surface area (TPSA) is 117 Å². The molecule has 0 heterocycles. The Labute approximate surface area is 194 Å². The molecule has 3 atom stereocenters. The summed E-state index contributed by atoms with van der Waals surface area (Å²) in [6, 6.07) is 3.02. The maximum Gasteiger partial charge on any atom is 0.253 e. The molecule has 2 aromatic carbocycles. The number of benzene rings is 1. The molecule has 3 unspecified atom stereocenters. The molecule has 0 saturated heterocycles. The smallest absolute Gasteiger partial charge is 0.253 e. The molecule has 1 aliphatic rings. The van der Waals surface area contributed by atoms with Gasteiger partial charge in [0.1, 0.15) is 16.3 Å². The first-order chi connectivity index (χ1) is 15.2. The predicted octanol–water partition coefficient (Wildman–Crippen LogP) is 3.15. The first kappa shape index (κ1) is 26.3. The molecule has 0 bridgehead atoms. The summed E-state index contributed by atoms with van der Waals surface area (Å²) < 4.78 is 17.8. The van der Waals surface area contributed by atoms with Crippen LogP contribution < -0.4 is 21.5 Å². The SMILES string of the molecule is COC.CON(C)S(=O)c1c(Cl)ccc(Nc2c(NC3CCCCC3C)c(=O)c2=O)c1O. The molecule has 11 heteroatoms.